The largest absolute Gasteiger partial charge is 0.494 e. The van der Waals surface area contributed by atoms with Gasteiger partial charge < -0.3 is 20.7 Å². The Bertz CT molecular complexity index is 536. The average Bonchev–Trinajstić information content (AvgIpc) is 2.47. The van der Waals surface area contributed by atoms with Crippen molar-refractivity contribution in [3.8, 4) is 5.75 Å². The van der Waals surface area contributed by atoms with Gasteiger partial charge in [-0.3, -0.25) is 9.59 Å². The van der Waals surface area contributed by atoms with E-state index >= 15 is 0 Å². The quantitative estimate of drug-likeness (QED) is 0.799. The first-order valence-electron chi connectivity index (χ1n) is 6.19. The number of nitrogens with zero attached hydrogens (tertiary/aromatic N) is 1. The van der Waals surface area contributed by atoms with Gasteiger partial charge >= 0.3 is 0 Å². The van der Waals surface area contributed by atoms with E-state index in [1.807, 2.05) is 0 Å². The fraction of sp³-hybridized carbons (Fsp3) is 0.385. The maximum absolute atomic E-state index is 13.3. The topological polar surface area (TPSA) is 84.7 Å². The van der Waals surface area contributed by atoms with Gasteiger partial charge in [-0.15, -0.1) is 0 Å². The minimum absolute atomic E-state index is 0.0124. The van der Waals surface area contributed by atoms with Crippen molar-refractivity contribution in [2.75, 3.05) is 26.7 Å². The molecule has 1 aromatic carbocycles. The Balaban J connectivity index is 2.27. The first-order valence-corrected chi connectivity index (χ1v) is 6.19. The second kappa shape index (κ2) is 5.87. The van der Waals surface area contributed by atoms with Crippen LogP contribution in [0.15, 0.2) is 18.2 Å². The number of carbonyl (C=O) groups is 2. The number of piperazine rings is 1. The van der Waals surface area contributed by atoms with Gasteiger partial charge in [0.2, 0.25) is 5.91 Å². The van der Waals surface area contributed by atoms with E-state index in [2.05, 4.69) is 5.32 Å². The van der Waals surface area contributed by atoms with Crippen molar-refractivity contribution in [2.45, 2.75) is 6.04 Å². The molecular weight excluding hydrogens is 265 g/mol. The smallest absolute Gasteiger partial charge is 0.254 e. The van der Waals surface area contributed by atoms with Crippen LogP contribution in [-0.2, 0) is 4.79 Å². The molecule has 7 heteroatoms. The van der Waals surface area contributed by atoms with E-state index in [4.69, 9.17) is 10.5 Å². The van der Waals surface area contributed by atoms with Crippen LogP contribution in [0.25, 0.3) is 0 Å². The van der Waals surface area contributed by atoms with Crippen molar-refractivity contribution >= 4 is 11.8 Å². The summed E-state index contributed by atoms with van der Waals surface area (Å²) < 4.78 is 18.2. The summed E-state index contributed by atoms with van der Waals surface area (Å²) in [6, 6.07) is 3.14. The summed E-state index contributed by atoms with van der Waals surface area (Å²) in [7, 11) is 1.32. The van der Waals surface area contributed by atoms with Crippen LogP contribution >= 0.6 is 0 Å². The standard InChI is InChI=1S/C13H16FN3O3/c1-20-11-6-8(2-3-9(11)14)13(19)17-5-4-16-7-10(17)12(15)18/h2-3,6,10,16H,4-5,7H2,1H3,(H2,15,18). The van der Waals surface area contributed by atoms with Crippen molar-refractivity contribution in [3.63, 3.8) is 0 Å². The zero-order valence-corrected chi connectivity index (χ0v) is 11.1. The van der Waals surface area contributed by atoms with Crippen LogP contribution in [0.3, 0.4) is 0 Å². The summed E-state index contributed by atoms with van der Waals surface area (Å²) in [6.07, 6.45) is 0. The molecular formula is C13H16FN3O3. The zero-order valence-electron chi connectivity index (χ0n) is 11.1. The monoisotopic (exact) mass is 281 g/mol. The molecule has 108 valence electrons. The Morgan fingerprint density at radius 1 is 1.50 bits per heavy atom. The van der Waals surface area contributed by atoms with Crippen molar-refractivity contribution in [3.05, 3.63) is 29.6 Å². The Hall–Kier alpha value is -2.15. The summed E-state index contributed by atoms with van der Waals surface area (Å²) in [5.74, 6) is -1.49. The Morgan fingerprint density at radius 3 is 2.90 bits per heavy atom. The van der Waals surface area contributed by atoms with Gasteiger partial charge in [0.15, 0.2) is 11.6 Å². The summed E-state index contributed by atoms with van der Waals surface area (Å²) >= 11 is 0. The fourth-order valence-electron chi connectivity index (χ4n) is 2.16. The number of rotatable bonds is 3. The van der Waals surface area contributed by atoms with Crippen LogP contribution < -0.4 is 15.8 Å². The van der Waals surface area contributed by atoms with Gasteiger partial charge in [0.1, 0.15) is 6.04 Å². The van der Waals surface area contributed by atoms with E-state index in [-0.39, 0.29) is 17.2 Å². The normalized spacial score (nSPS) is 18.7. The molecule has 1 unspecified atom stereocenters. The molecule has 2 amide bonds. The molecule has 1 saturated heterocycles. The number of amides is 2. The molecule has 0 aliphatic carbocycles. The lowest BCUT2D eigenvalue weighted by Crippen LogP contribution is -2.58. The predicted octanol–water partition coefficient (Wildman–Crippen LogP) is -0.266. The van der Waals surface area contributed by atoms with Crippen molar-refractivity contribution in [1.82, 2.24) is 10.2 Å². The molecule has 1 aromatic rings. The molecule has 0 bridgehead atoms. The summed E-state index contributed by atoms with van der Waals surface area (Å²) in [4.78, 5) is 25.2. The molecule has 6 nitrogen and oxygen atoms in total. The molecule has 0 spiro atoms. The third-order valence-corrected chi connectivity index (χ3v) is 3.23. The van der Waals surface area contributed by atoms with Crippen LogP contribution in [0.4, 0.5) is 4.39 Å². The number of benzene rings is 1. The second-order valence-corrected chi connectivity index (χ2v) is 4.47. The Labute approximate surface area is 115 Å². The molecule has 1 heterocycles. The van der Waals surface area contributed by atoms with Gasteiger partial charge in [0, 0.05) is 25.2 Å². The molecule has 3 N–H and O–H groups in total. The van der Waals surface area contributed by atoms with Crippen LogP contribution in [0.1, 0.15) is 10.4 Å². The molecule has 1 fully saturated rings. The lowest BCUT2D eigenvalue weighted by Gasteiger charge is -2.34. The van der Waals surface area contributed by atoms with Gasteiger partial charge in [-0.05, 0) is 18.2 Å². The maximum atomic E-state index is 13.3. The van der Waals surface area contributed by atoms with E-state index in [9.17, 15) is 14.0 Å². The third kappa shape index (κ3) is 2.72. The van der Waals surface area contributed by atoms with E-state index in [0.29, 0.717) is 19.6 Å². The van der Waals surface area contributed by atoms with Gasteiger partial charge in [-0.25, -0.2) is 4.39 Å². The number of ether oxygens (including phenoxy) is 1. The van der Waals surface area contributed by atoms with Crippen molar-refractivity contribution in [1.29, 1.82) is 0 Å². The Kier molecular flexibility index (Phi) is 4.19. The Morgan fingerprint density at radius 2 is 2.25 bits per heavy atom. The van der Waals surface area contributed by atoms with E-state index < -0.39 is 17.8 Å². The fourth-order valence-corrected chi connectivity index (χ4v) is 2.16. The van der Waals surface area contributed by atoms with Gasteiger partial charge in [-0.2, -0.15) is 0 Å². The molecule has 1 aliphatic heterocycles. The highest BCUT2D eigenvalue weighted by Gasteiger charge is 2.31. The van der Waals surface area contributed by atoms with Crippen LogP contribution in [0.5, 0.6) is 5.75 Å². The number of primary amides is 1. The summed E-state index contributed by atoms with van der Waals surface area (Å²) in [5.41, 5.74) is 5.56. The first-order chi connectivity index (χ1) is 9.54. The molecule has 1 atom stereocenters. The van der Waals surface area contributed by atoms with Crippen LogP contribution in [0, 0.1) is 5.82 Å². The summed E-state index contributed by atoms with van der Waals surface area (Å²) in [6.45, 7) is 1.26. The highest BCUT2D eigenvalue weighted by atomic mass is 19.1. The zero-order chi connectivity index (χ0) is 14.7. The van der Waals surface area contributed by atoms with Gasteiger partial charge in [0.25, 0.3) is 5.91 Å². The average molecular weight is 281 g/mol. The first kappa shape index (κ1) is 14.3. The lowest BCUT2D eigenvalue weighted by atomic mass is 10.1. The maximum Gasteiger partial charge on any atom is 0.254 e. The summed E-state index contributed by atoms with van der Waals surface area (Å²) in [5, 5.41) is 3.00. The molecule has 0 radical (unpaired) electrons. The lowest BCUT2D eigenvalue weighted by molar-refractivity contribution is -0.122. The van der Waals surface area contributed by atoms with Crippen LogP contribution in [-0.4, -0.2) is 49.5 Å². The number of hydrogen-bond donors (Lipinski definition) is 2. The number of nitrogens with two attached hydrogens (primary N) is 1. The highest BCUT2D eigenvalue weighted by Crippen LogP contribution is 2.20. The molecule has 1 aliphatic rings. The number of nitrogens with one attached hydrogen (secondary N) is 1. The minimum Gasteiger partial charge on any atom is -0.494 e. The molecule has 20 heavy (non-hydrogen) atoms. The van der Waals surface area contributed by atoms with E-state index in [1.165, 1.54) is 24.1 Å². The minimum atomic E-state index is -0.702. The third-order valence-electron chi connectivity index (χ3n) is 3.23. The number of hydrogen-bond acceptors (Lipinski definition) is 4. The predicted molar refractivity (Wildman–Crippen MR) is 69.8 cm³/mol. The van der Waals surface area contributed by atoms with E-state index in [0.717, 1.165) is 6.07 Å². The van der Waals surface area contributed by atoms with Gasteiger partial charge in [0.05, 0.1) is 7.11 Å². The number of methoxy groups -OCH3 is 1. The molecule has 2 rings (SSSR count). The molecule has 0 saturated carbocycles. The van der Waals surface area contributed by atoms with Crippen molar-refractivity contribution in [2.24, 2.45) is 5.73 Å². The second-order valence-electron chi connectivity index (χ2n) is 4.47. The number of halogens is 1. The molecule has 0 aromatic heterocycles. The number of carbonyl (C=O) groups excluding carboxylic acids is 2. The SMILES string of the molecule is COc1cc(C(=O)N2CCNCC2C(N)=O)ccc1F. The van der Waals surface area contributed by atoms with Crippen molar-refractivity contribution < 1.29 is 18.7 Å². The highest BCUT2D eigenvalue weighted by molar-refractivity contribution is 5.97. The van der Waals surface area contributed by atoms with Crippen LogP contribution in [0.2, 0.25) is 0 Å². The van der Waals surface area contributed by atoms with Gasteiger partial charge in [-0.1, -0.05) is 0 Å². The van der Waals surface area contributed by atoms with E-state index in [1.54, 1.807) is 0 Å².